The van der Waals surface area contributed by atoms with Crippen LogP contribution in [-0.4, -0.2) is 28.3 Å². The fraction of sp³-hybridized carbons (Fsp3) is 0.200. The molecule has 1 aliphatic heterocycles. The van der Waals surface area contributed by atoms with Gasteiger partial charge in [-0.25, -0.2) is 0 Å². The predicted octanol–water partition coefficient (Wildman–Crippen LogP) is 3.83. The molecule has 2 heterocycles. The van der Waals surface area contributed by atoms with E-state index in [-0.39, 0.29) is 0 Å². The first-order chi connectivity index (χ1) is 13.3. The van der Waals surface area contributed by atoms with Gasteiger partial charge >= 0.3 is 0 Å². The van der Waals surface area contributed by atoms with Crippen molar-refractivity contribution in [1.29, 1.82) is 5.26 Å². The van der Waals surface area contributed by atoms with Crippen LogP contribution in [0, 0.1) is 11.3 Å². The molecule has 27 heavy (non-hydrogen) atoms. The summed E-state index contributed by atoms with van der Waals surface area (Å²) in [5.74, 6) is 0.960. The van der Waals surface area contributed by atoms with E-state index in [1.165, 1.54) is 18.5 Å². The zero-order valence-electron chi connectivity index (χ0n) is 14.8. The normalized spacial score (nSPS) is 13.2. The van der Waals surface area contributed by atoms with Crippen LogP contribution >= 0.6 is 0 Å². The van der Waals surface area contributed by atoms with Crippen LogP contribution in [0.1, 0.15) is 18.4 Å². The fourth-order valence-electron chi connectivity index (χ4n) is 3.09. The summed E-state index contributed by atoms with van der Waals surface area (Å²) in [6.45, 7) is 2.25. The van der Waals surface area contributed by atoms with Gasteiger partial charge in [0.2, 0.25) is 5.95 Å². The van der Waals surface area contributed by atoms with E-state index in [2.05, 4.69) is 48.9 Å². The summed E-state index contributed by atoms with van der Waals surface area (Å²) >= 11 is 0. The van der Waals surface area contributed by atoms with Crippen LogP contribution in [0.2, 0.25) is 0 Å². The summed E-state index contributed by atoms with van der Waals surface area (Å²) < 4.78 is 0. The molecule has 1 aromatic heterocycles. The van der Waals surface area contributed by atoms with Crippen molar-refractivity contribution in [1.82, 2.24) is 15.2 Å². The van der Waals surface area contributed by atoms with Gasteiger partial charge in [-0.2, -0.15) is 15.3 Å². The van der Waals surface area contributed by atoms with Crippen molar-refractivity contribution in [2.24, 2.45) is 0 Å². The highest BCUT2D eigenvalue weighted by Gasteiger charge is 2.12. The number of nitriles is 1. The van der Waals surface area contributed by atoms with Crippen LogP contribution in [0.25, 0.3) is 0 Å². The van der Waals surface area contributed by atoms with Gasteiger partial charge in [0.1, 0.15) is 0 Å². The van der Waals surface area contributed by atoms with Crippen LogP contribution in [0.4, 0.5) is 28.8 Å². The first-order valence-corrected chi connectivity index (χ1v) is 8.89. The van der Waals surface area contributed by atoms with Crippen molar-refractivity contribution in [3.63, 3.8) is 0 Å². The molecule has 1 fully saturated rings. The minimum absolute atomic E-state index is 0.408. The van der Waals surface area contributed by atoms with Crippen LogP contribution in [0.15, 0.2) is 54.7 Å². The lowest BCUT2D eigenvalue weighted by Crippen LogP contribution is -2.17. The number of anilines is 5. The lowest BCUT2D eigenvalue weighted by Gasteiger charge is -2.17. The second-order valence-electron chi connectivity index (χ2n) is 6.35. The molecule has 1 saturated heterocycles. The topological polar surface area (TPSA) is 89.8 Å². The van der Waals surface area contributed by atoms with E-state index in [1.54, 1.807) is 18.3 Å². The van der Waals surface area contributed by atoms with Gasteiger partial charge in [0.05, 0.1) is 17.8 Å². The van der Waals surface area contributed by atoms with Crippen molar-refractivity contribution in [2.45, 2.75) is 12.8 Å². The summed E-state index contributed by atoms with van der Waals surface area (Å²) in [7, 11) is 0. The minimum Gasteiger partial charge on any atom is -0.372 e. The number of nitrogens with zero attached hydrogens (tertiary/aromatic N) is 5. The molecular formula is C20H19N7. The van der Waals surface area contributed by atoms with Gasteiger partial charge in [-0.15, -0.1) is 5.10 Å². The van der Waals surface area contributed by atoms with E-state index in [1.807, 2.05) is 24.3 Å². The molecule has 0 amide bonds. The maximum absolute atomic E-state index is 9.00. The Kier molecular flexibility index (Phi) is 4.79. The third-order valence-electron chi connectivity index (χ3n) is 4.42. The first-order valence-electron chi connectivity index (χ1n) is 8.89. The zero-order chi connectivity index (χ0) is 18.5. The zero-order valence-corrected chi connectivity index (χ0v) is 14.8. The summed E-state index contributed by atoms with van der Waals surface area (Å²) in [4.78, 5) is 6.82. The number of hydrogen-bond acceptors (Lipinski definition) is 7. The Hall–Kier alpha value is -3.66. The van der Waals surface area contributed by atoms with E-state index in [0.29, 0.717) is 17.3 Å². The fourth-order valence-corrected chi connectivity index (χ4v) is 3.09. The highest BCUT2D eigenvalue weighted by molar-refractivity contribution is 5.62. The van der Waals surface area contributed by atoms with E-state index >= 15 is 0 Å². The molecule has 7 heteroatoms. The third-order valence-corrected chi connectivity index (χ3v) is 4.42. The van der Waals surface area contributed by atoms with Gasteiger partial charge < -0.3 is 15.5 Å². The highest BCUT2D eigenvalue weighted by atomic mass is 15.3. The maximum atomic E-state index is 9.00. The number of benzene rings is 2. The first kappa shape index (κ1) is 16.8. The predicted molar refractivity (Wildman–Crippen MR) is 105 cm³/mol. The summed E-state index contributed by atoms with van der Waals surface area (Å²) in [6, 6.07) is 17.6. The molecule has 1 aliphatic rings. The lowest BCUT2D eigenvalue weighted by molar-refractivity contribution is 0.949. The smallest absolute Gasteiger partial charge is 0.249 e. The Morgan fingerprint density at radius 1 is 0.963 bits per heavy atom. The van der Waals surface area contributed by atoms with Gasteiger partial charge in [0, 0.05) is 30.2 Å². The highest BCUT2D eigenvalue weighted by Crippen LogP contribution is 2.23. The molecule has 134 valence electrons. The second kappa shape index (κ2) is 7.70. The summed E-state index contributed by atoms with van der Waals surface area (Å²) in [5, 5.41) is 23.3. The van der Waals surface area contributed by atoms with E-state index < -0.39 is 0 Å². The van der Waals surface area contributed by atoms with Crippen LogP contribution in [-0.2, 0) is 0 Å². The molecule has 0 atom stereocenters. The van der Waals surface area contributed by atoms with Crippen molar-refractivity contribution >= 4 is 28.8 Å². The van der Waals surface area contributed by atoms with Crippen LogP contribution in [0.3, 0.4) is 0 Å². The van der Waals surface area contributed by atoms with Gasteiger partial charge in [-0.1, -0.05) is 6.07 Å². The lowest BCUT2D eigenvalue weighted by atomic mass is 10.2. The molecule has 0 bridgehead atoms. The van der Waals surface area contributed by atoms with Crippen molar-refractivity contribution in [3.8, 4) is 6.07 Å². The molecule has 3 aromatic rings. The Labute approximate surface area is 157 Å². The van der Waals surface area contributed by atoms with Crippen molar-refractivity contribution in [2.75, 3.05) is 28.6 Å². The average Bonchev–Trinajstić information content (AvgIpc) is 3.24. The molecule has 2 N–H and O–H groups in total. The van der Waals surface area contributed by atoms with E-state index in [0.717, 1.165) is 24.5 Å². The number of rotatable bonds is 5. The van der Waals surface area contributed by atoms with E-state index in [4.69, 9.17) is 5.26 Å². The second-order valence-corrected chi connectivity index (χ2v) is 6.35. The molecule has 2 aromatic carbocycles. The monoisotopic (exact) mass is 357 g/mol. The number of hydrogen-bond donors (Lipinski definition) is 2. The molecule has 4 rings (SSSR count). The van der Waals surface area contributed by atoms with Crippen LogP contribution < -0.4 is 15.5 Å². The standard InChI is InChI=1S/C20H19N7/c21-13-15-4-3-5-17(12-15)23-19-14-22-26-20(25-19)24-16-6-8-18(9-7-16)27-10-1-2-11-27/h3-9,12,14H,1-2,10-11H2,(H2,23,24,25,26). The van der Waals surface area contributed by atoms with Crippen molar-refractivity contribution in [3.05, 3.63) is 60.3 Å². The number of aromatic nitrogens is 3. The quantitative estimate of drug-likeness (QED) is 0.717. The Morgan fingerprint density at radius 2 is 1.78 bits per heavy atom. The van der Waals surface area contributed by atoms with Gasteiger partial charge in [-0.3, -0.25) is 0 Å². The molecule has 0 unspecified atom stereocenters. The molecule has 0 radical (unpaired) electrons. The van der Waals surface area contributed by atoms with Gasteiger partial charge in [-0.05, 0) is 55.3 Å². The molecule has 0 spiro atoms. The SMILES string of the molecule is N#Cc1cccc(Nc2cnnc(Nc3ccc(N4CCCC4)cc3)n2)c1. The molecule has 0 aliphatic carbocycles. The summed E-state index contributed by atoms with van der Waals surface area (Å²) in [6.07, 6.45) is 4.06. The average molecular weight is 357 g/mol. The largest absolute Gasteiger partial charge is 0.372 e. The molecule has 7 nitrogen and oxygen atoms in total. The van der Waals surface area contributed by atoms with Crippen LogP contribution in [0.5, 0.6) is 0 Å². The van der Waals surface area contributed by atoms with Gasteiger partial charge in [0.25, 0.3) is 0 Å². The maximum Gasteiger partial charge on any atom is 0.249 e. The minimum atomic E-state index is 0.408. The third kappa shape index (κ3) is 4.12. The van der Waals surface area contributed by atoms with Crippen molar-refractivity contribution < 1.29 is 0 Å². The molecular weight excluding hydrogens is 338 g/mol. The Morgan fingerprint density at radius 3 is 2.56 bits per heavy atom. The Balaban J connectivity index is 1.45. The Bertz CT molecular complexity index is 957. The summed E-state index contributed by atoms with van der Waals surface area (Å²) in [5.41, 5.74) is 3.50. The van der Waals surface area contributed by atoms with E-state index in [9.17, 15) is 0 Å². The number of nitrogens with one attached hydrogen (secondary N) is 2. The molecule has 0 saturated carbocycles. The van der Waals surface area contributed by atoms with Gasteiger partial charge in [0.15, 0.2) is 5.82 Å².